The second kappa shape index (κ2) is 7.13. The van der Waals surface area contributed by atoms with Gasteiger partial charge < -0.3 is 5.21 Å². The fourth-order valence-corrected chi connectivity index (χ4v) is 3.25. The minimum atomic E-state index is 0.336. The maximum Gasteiger partial charge on any atom is 0.178 e. The van der Waals surface area contributed by atoms with Crippen LogP contribution in [0.15, 0.2) is 41.5 Å². The van der Waals surface area contributed by atoms with Gasteiger partial charge in [0, 0.05) is 18.9 Å². The van der Waals surface area contributed by atoms with Gasteiger partial charge in [0.25, 0.3) is 0 Å². The summed E-state index contributed by atoms with van der Waals surface area (Å²) in [6.07, 6.45) is 5.68. The van der Waals surface area contributed by atoms with Crippen molar-refractivity contribution in [1.29, 1.82) is 0 Å². The molecule has 0 fully saturated rings. The molecule has 0 unspecified atom stereocenters. The molecule has 0 heterocycles. The number of rotatable bonds is 5. The first-order valence-electron chi connectivity index (χ1n) is 8.40. The molecule has 2 nitrogen and oxygen atoms in total. The van der Waals surface area contributed by atoms with Crippen molar-refractivity contribution in [3.05, 3.63) is 52.2 Å². The average molecular weight is 299 g/mol. The van der Waals surface area contributed by atoms with Crippen LogP contribution in [0.25, 0.3) is 0 Å². The first-order chi connectivity index (χ1) is 10.4. The quantitative estimate of drug-likeness (QED) is 0.233. The van der Waals surface area contributed by atoms with Crippen molar-refractivity contribution in [2.45, 2.75) is 66.3 Å². The van der Waals surface area contributed by atoms with Gasteiger partial charge in [-0.1, -0.05) is 55.3 Å². The van der Waals surface area contributed by atoms with Gasteiger partial charge in [-0.2, -0.15) is 0 Å². The molecule has 0 amide bonds. The predicted molar refractivity (Wildman–Crippen MR) is 94.0 cm³/mol. The highest BCUT2D eigenvalue weighted by Gasteiger charge is 2.26. The number of hydroxylamine groups is 1. The van der Waals surface area contributed by atoms with Crippen LogP contribution in [0.2, 0.25) is 0 Å². The molecule has 0 atom stereocenters. The summed E-state index contributed by atoms with van der Waals surface area (Å²) in [5.41, 5.74) is 5.47. The highest BCUT2D eigenvalue weighted by atomic mass is 16.5. The predicted octanol–water partition coefficient (Wildman–Crippen LogP) is 5.46. The van der Waals surface area contributed by atoms with Crippen LogP contribution in [-0.2, 0) is 6.54 Å². The fourth-order valence-electron chi connectivity index (χ4n) is 3.25. The minimum absolute atomic E-state index is 0.336. The lowest BCUT2D eigenvalue weighted by Gasteiger charge is -2.33. The third-order valence-corrected chi connectivity index (χ3v) is 5.21. The Kier molecular flexibility index (Phi) is 5.44. The lowest BCUT2D eigenvalue weighted by atomic mass is 9.72. The van der Waals surface area contributed by atoms with Gasteiger partial charge in [-0.3, -0.25) is 0 Å². The van der Waals surface area contributed by atoms with Crippen molar-refractivity contribution in [2.24, 2.45) is 5.41 Å². The Bertz CT molecular complexity index is 567. The molecule has 120 valence electrons. The number of hydrogen-bond acceptors (Lipinski definition) is 1. The zero-order chi connectivity index (χ0) is 16.2. The van der Waals surface area contributed by atoms with Crippen molar-refractivity contribution < 1.29 is 4.74 Å². The van der Waals surface area contributed by atoms with Gasteiger partial charge in [-0.25, -0.2) is 4.74 Å². The van der Waals surface area contributed by atoms with Gasteiger partial charge in [-0.15, -0.1) is 0 Å². The summed E-state index contributed by atoms with van der Waals surface area (Å²) in [5, 5.41) is 12.3. The molecule has 1 aromatic rings. The second-order valence-corrected chi connectivity index (χ2v) is 7.22. The molecule has 0 aliphatic heterocycles. The third kappa shape index (κ3) is 4.22. The molecule has 1 aromatic carbocycles. The van der Waals surface area contributed by atoms with Gasteiger partial charge in [0.15, 0.2) is 12.3 Å². The van der Waals surface area contributed by atoms with E-state index < -0.39 is 0 Å². The Morgan fingerprint density at radius 2 is 1.91 bits per heavy atom. The molecular weight excluding hydrogens is 270 g/mol. The van der Waals surface area contributed by atoms with Gasteiger partial charge >= 0.3 is 0 Å². The van der Waals surface area contributed by atoms with Crippen molar-refractivity contribution in [2.75, 3.05) is 0 Å². The average Bonchev–Trinajstić information content (AvgIpc) is 2.49. The van der Waals surface area contributed by atoms with Crippen molar-refractivity contribution in [3.8, 4) is 0 Å². The first-order valence-corrected chi connectivity index (χ1v) is 8.40. The highest BCUT2D eigenvalue weighted by molar-refractivity contribution is 5.77. The van der Waals surface area contributed by atoms with Crippen LogP contribution < -0.4 is 0 Å². The molecule has 0 aromatic heterocycles. The van der Waals surface area contributed by atoms with Crippen LogP contribution in [-0.4, -0.2) is 10.5 Å². The lowest BCUT2D eigenvalue weighted by molar-refractivity contribution is -0.476. The fraction of sp³-hybridized carbons (Fsp3) is 0.550. The summed E-state index contributed by atoms with van der Waals surface area (Å²) in [7, 11) is 0. The maximum absolute atomic E-state index is 12.3. The summed E-state index contributed by atoms with van der Waals surface area (Å²) in [5.74, 6) is 0. The van der Waals surface area contributed by atoms with Crippen LogP contribution in [0.4, 0.5) is 0 Å². The highest BCUT2D eigenvalue weighted by Crippen LogP contribution is 2.41. The van der Waals surface area contributed by atoms with Crippen molar-refractivity contribution >= 4 is 5.71 Å². The number of hydrogen-bond donors (Lipinski definition) is 0. The van der Waals surface area contributed by atoms with Crippen LogP contribution in [0, 0.1) is 10.6 Å². The Morgan fingerprint density at radius 1 is 1.23 bits per heavy atom. The molecule has 0 saturated heterocycles. The molecule has 22 heavy (non-hydrogen) atoms. The minimum Gasteiger partial charge on any atom is -0.624 e. The molecule has 2 rings (SSSR count). The Balaban J connectivity index is 2.00. The molecule has 2 heteroatoms. The zero-order valence-corrected chi connectivity index (χ0v) is 14.5. The molecule has 0 bridgehead atoms. The van der Waals surface area contributed by atoms with Crippen molar-refractivity contribution in [3.63, 3.8) is 0 Å². The van der Waals surface area contributed by atoms with E-state index in [-0.39, 0.29) is 0 Å². The monoisotopic (exact) mass is 299 g/mol. The second-order valence-electron chi connectivity index (χ2n) is 7.22. The van der Waals surface area contributed by atoms with E-state index >= 15 is 0 Å². The summed E-state index contributed by atoms with van der Waals surface area (Å²) in [6, 6.07) is 9.96. The molecule has 0 radical (unpaired) electrons. The largest absolute Gasteiger partial charge is 0.624 e. The molecule has 1 aliphatic rings. The Morgan fingerprint density at radius 3 is 2.59 bits per heavy atom. The standard InChI is InChI=1S/C20H29NO/c1-16(21(22)15-18-9-6-5-7-10-18)12-13-19-11-8-14-20(3,4)17(19)2/h5-7,9-10H,8,11-15H2,1-4H3. The van der Waals surface area contributed by atoms with Gasteiger partial charge in [-0.05, 0) is 38.0 Å². The summed E-state index contributed by atoms with van der Waals surface area (Å²) < 4.78 is 1.15. The Labute approximate surface area is 135 Å². The van der Waals surface area contributed by atoms with Gasteiger partial charge in [0.1, 0.15) is 0 Å². The SMILES string of the molecule is CC1=C(CCC(C)=[N+]([O-])Cc2ccccc2)CCCC1(C)C. The van der Waals surface area contributed by atoms with E-state index in [1.165, 1.54) is 19.3 Å². The van der Waals surface area contributed by atoms with E-state index in [9.17, 15) is 5.21 Å². The number of nitrogens with zero attached hydrogens (tertiary/aromatic N) is 1. The van der Waals surface area contributed by atoms with Crippen molar-refractivity contribution in [1.82, 2.24) is 0 Å². The zero-order valence-electron chi connectivity index (χ0n) is 14.5. The van der Waals surface area contributed by atoms with E-state index in [1.807, 2.05) is 37.3 Å². The van der Waals surface area contributed by atoms with Crippen LogP contribution in [0.5, 0.6) is 0 Å². The summed E-state index contributed by atoms with van der Waals surface area (Å²) >= 11 is 0. The summed E-state index contributed by atoms with van der Waals surface area (Å²) in [4.78, 5) is 0. The smallest absolute Gasteiger partial charge is 0.178 e. The van der Waals surface area contributed by atoms with Crippen LogP contribution in [0.1, 0.15) is 65.4 Å². The lowest BCUT2D eigenvalue weighted by Crippen LogP contribution is -2.20. The first kappa shape index (κ1) is 16.8. The maximum atomic E-state index is 12.3. The van der Waals surface area contributed by atoms with E-state index in [0.29, 0.717) is 12.0 Å². The third-order valence-electron chi connectivity index (χ3n) is 5.21. The molecule has 1 aliphatic carbocycles. The summed E-state index contributed by atoms with van der Waals surface area (Å²) in [6.45, 7) is 9.39. The molecule has 0 N–H and O–H groups in total. The normalized spacial score (nSPS) is 19.1. The molecule has 0 spiro atoms. The van der Waals surface area contributed by atoms with Crippen LogP contribution >= 0.6 is 0 Å². The van der Waals surface area contributed by atoms with E-state index in [1.54, 1.807) is 11.1 Å². The molecule has 0 saturated carbocycles. The van der Waals surface area contributed by atoms with E-state index in [4.69, 9.17) is 0 Å². The topological polar surface area (TPSA) is 26.1 Å². The van der Waals surface area contributed by atoms with Gasteiger partial charge in [0.2, 0.25) is 0 Å². The molecular formula is C20H29NO. The number of allylic oxidation sites excluding steroid dienone is 2. The van der Waals surface area contributed by atoms with Gasteiger partial charge in [0.05, 0.1) is 0 Å². The van der Waals surface area contributed by atoms with E-state index in [2.05, 4.69) is 20.8 Å². The van der Waals surface area contributed by atoms with Crippen LogP contribution in [0.3, 0.4) is 0 Å². The number of benzene rings is 1. The Hall–Kier alpha value is -1.57. The van der Waals surface area contributed by atoms with E-state index in [0.717, 1.165) is 28.9 Å².